The highest BCUT2D eigenvalue weighted by molar-refractivity contribution is 5.85. The Morgan fingerprint density at radius 1 is 1.18 bits per heavy atom. The third-order valence-corrected chi connectivity index (χ3v) is 4.63. The fourth-order valence-corrected chi connectivity index (χ4v) is 3.47. The van der Waals surface area contributed by atoms with Crippen LogP contribution in [0.5, 0.6) is 0 Å². The number of carbonyl (C=O) groups is 1. The summed E-state index contributed by atoms with van der Waals surface area (Å²) in [7, 11) is 0. The lowest BCUT2D eigenvalue weighted by Crippen LogP contribution is -2.43. The number of carbonyl (C=O) groups excluding carboxylic acids is 1. The van der Waals surface area contributed by atoms with Crippen molar-refractivity contribution in [1.82, 2.24) is 5.32 Å². The molecule has 4 nitrogen and oxygen atoms in total. The third kappa shape index (κ3) is 4.00. The van der Waals surface area contributed by atoms with Gasteiger partial charge in [-0.05, 0) is 31.2 Å². The predicted octanol–water partition coefficient (Wildman–Crippen LogP) is 2.57. The highest BCUT2D eigenvalue weighted by Crippen LogP contribution is 2.30. The van der Waals surface area contributed by atoms with Crippen LogP contribution in [0.2, 0.25) is 0 Å². The molecular weight excluding hydrogens is 300 g/mol. The molecule has 5 heteroatoms. The van der Waals surface area contributed by atoms with E-state index in [9.17, 15) is 4.79 Å². The summed E-state index contributed by atoms with van der Waals surface area (Å²) in [5.74, 6) is 0.229. The van der Waals surface area contributed by atoms with Crippen LogP contribution in [0.15, 0.2) is 30.3 Å². The molecule has 2 fully saturated rings. The average molecular weight is 325 g/mol. The molecule has 1 saturated carbocycles. The van der Waals surface area contributed by atoms with Crippen molar-refractivity contribution >= 4 is 18.3 Å². The molecule has 4 unspecified atom stereocenters. The number of rotatable bonds is 3. The summed E-state index contributed by atoms with van der Waals surface area (Å²) in [6.07, 6.45) is 4.74. The van der Waals surface area contributed by atoms with Gasteiger partial charge in [-0.1, -0.05) is 36.8 Å². The minimum absolute atomic E-state index is 0. The molecule has 22 heavy (non-hydrogen) atoms. The van der Waals surface area contributed by atoms with Gasteiger partial charge in [-0.25, -0.2) is 0 Å². The van der Waals surface area contributed by atoms with E-state index in [0.717, 1.165) is 37.7 Å². The van der Waals surface area contributed by atoms with Crippen LogP contribution >= 0.6 is 12.4 Å². The van der Waals surface area contributed by atoms with Crippen molar-refractivity contribution in [2.75, 3.05) is 6.61 Å². The van der Waals surface area contributed by atoms with Crippen molar-refractivity contribution in [3.63, 3.8) is 0 Å². The number of benzene rings is 1. The third-order valence-electron chi connectivity index (χ3n) is 4.63. The summed E-state index contributed by atoms with van der Waals surface area (Å²) in [4.78, 5) is 12.5. The molecule has 1 amide bonds. The van der Waals surface area contributed by atoms with E-state index in [2.05, 4.69) is 17.4 Å². The van der Waals surface area contributed by atoms with E-state index < -0.39 is 0 Å². The van der Waals surface area contributed by atoms with Crippen LogP contribution in [-0.2, 0) is 9.53 Å². The molecule has 1 aliphatic heterocycles. The van der Waals surface area contributed by atoms with Crippen molar-refractivity contribution in [2.45, 2.75) is 50.3 Å². The molecule has 1 aromatic rings. The Morgan fingerprint density at radius 2 is 1.95 bits per heavy atom. The van der Waals surface area contributed by atoms with Gasteiger partial charge in [-0.3, -0.25) is 4.79 Å². The average Bonchev–Trinajstić information content (AvgIpc) is 2.96. The smallest absolute Gasteiger partial charge is 0.223 e. The number of nitrogens with one attached hydrogen (secondary N) is 1. The van der Waals surface area contributed by atoms with E-state index in [-0.39, 0.29) is 42.4 Å². The van der Waals surface area contributed by atoms with Crippen LogP contribution in [0.25, 0.3) is 0 Å². The monoisotopic (exact) mass is 324 g/mol. The molecule has 1 aliphatic carbocycles. The first-order chi connectivity index (χ1) is 10.2. The first-order valence-corrected chi connectivity index (χ1v) is 7.96. The Balaban J connectivity index is 0.00000176. The van der Waals surface area contributed by atoms with Crippen molar-refractivity contribution in [3.8, 4) is 0 Å². The van der Waals surface area contributed by atoms with Gasteiger partial charge in [-0.15, -0.1) is 12.4 Å². The molecule has 0 bridgehead atoms. The van der Waals surface area contributed by atoms with Gasteiger partial charge >= 0.3 is 0 Å². The fourth-order valence-electron chi connectivity index (χ4n) is 3.47. The summed E-state index contributed by atoms with van der Waals surface area (Å²) in [5, 5.41) is 3.20. The lowest BCUT2D eigenvalue weighted by Gasteiger charge is -2.28. The molecule has 122 valence electrons. The van der Waals surface area contributed by atoms with Gasteiger partial charge in [0.2, 0.25) is 5.91 Å². The highest BCUT2D eigenvalue weighted by Gasteiger charge is 2.33. The number of hydrogen-bond acceptors (Lipinski definition) is 3. The topological polar surface area (TPSA) is 64.4 Å². The number of ether oxygens (including phenoxy) is 1. The Labute approximate surface area is 138 Å². The fraction of sp³-hybridized carbons (Fsp3) is 0.588. The Bertz CT molecular complexity index is 483. The minimum Gasteiger partial charge on any atom is -0.371 e. The first kappa shape index (κ1) is 17.3. The molecule has 0 spiro atoms. The number of amides is 1. The van der Waals surface area contributed by atoms with Crippen LogP contribution < -0.4 is 11.1 Å². The van der Waals surface area contributed by atoms with Gasteiger partial charge in [0.05, 0.1) is 6.04 Å². The summed E-state index contributed by atoms with van der Waals surface area (Å²) < 4.78 is 5.82. The summed E-state index contributed by atoms with van der Waals surface area (Å²) >= 11 is 0. The summed E-state index contributed by atoms with van der Waals surface area (Å²) in [6.45, 7) is 0.703. The molecule has 1 heterocycles. The van der Waals surface area contributed by atoms with Crippen molar-refractivity contribution in [2.24, 2.45) is 11.7 Å². The van der Waals surface area contributed by atoms with Gasteiger partial charge in [0.1, 0.15) is 6.10 Å². The maximum Gasteiger partial charge on any atom is 0.223 e. The Morgan fingerprint density at radius 3 is 2.68 bits per heavy atom. The quantitative estimate of drug-likeness (QED) is 0.898. The molecule has 0 radical (unpaired) electrons. The van der Waals surface area contributed by atoms with Crippen molar-refractivity contribution in [3.05, 3.63) is 35.9 Å². The highest BCUT2D eigenvalue weighted by atomic mass is 35.5. The Hall–Kier alpha value is -1.10. The molecule has 0 aromatic heterocycles. The number of hydrogen-bond donors (Lipinski definition) is 2. The molecule has 2 aliphatic rings. The van der Waals surface area contributed by atoms with Crippen molar-refractivity contribution in [1.29, 1.82) is 0 Å². The Kier molecular flexibility index (Phi) is 6.24. The van der Waals surface area contributed by atoms with Crippen LogP contribution in [0.1, 0.15) is 43.8 Å². The molecular formula is C17H25ClN2O2. The minimum atomic E-state index is -0.0209. The lowest BCUT2D eigenvalue weighted by molar-refractivity contribution is -0.127. The molecule has 3 rings (SSSR count). The number of halogens is 1. The SMILES string of the molecule is Cl.NC1CCCC(C(=O)NC2CCOC2c2ccccc2)C1. The largest absolute Gasteiger partial charge is 0.371 e. The van der Waals surface area contributed by atoms with E-state index in [0.29, 0.717) is 6.61 Å². The lowest BCUT2D eigenvalue weighted by atomic mass is 9.85. The molecule has 4 atom stereocenters. The normalized spacial score (nSPS) is 31.3. The van der Waals surface area contributed by atoms with E-state index in [1.54, 1.807) is 0 Å². The van der Waals surface area contributed by atoms with E-state index in [1.165, 1.54) is 0 Å². The standard InChI is InChI=1S/C17H24N2O2.ClH/c18-14-8-4-7-13(11-14)17(20)19-15-9-10-21-16(15)12-5-2-1-3-6-12;/h1-3,5-6,13-16H,4,7-11,18H2,(H,19,20);1H. The van der Waals surface area contributed by atoms with E-state index >= 15 is 0 Å². The number of nitrogens with two attached hydrogens (primary N) is 1. The van der Waals surface area contributed by atoms with Crippen LogP contribution in [0.4, 0.5) is 0 Å². The van der Waals surface area contributed by atoms with Gasteiger partial charge in [-0.2, -0.15) is 0 Å². The van der Waals surface area contributed by atoms with E-state index in [1.807, 2.05) is 18.2 Å². The van der Waals surface area contributed by atoms with Gasteiger partial charge in [0.15, 0.2) is 0 Å². The second kappa shape index (κ2) is 7.95. The predicted molar refractivity (Wildman–Crippen MR) is 88.9 cm³/mol. The van der Waals surface area contributed by atoms with Gasteiger partial charge in [0.25, 0.3) is 0 Å². The first-order valence-electron chi connectivity index (χ1n) is 7.96. The maximum absolute atomic E-state index is 12.5. The zero-order valence-electron chi connectivity index (χ0n) is 12.7. The maximum atomic E-state index is 12.5. The van der Waals surface area contributed by atoms with Gasteiger partial charge in [0, 0.05) is 18.6 Å². The zero-order valence-corrected chi connectivity index (χ0v) is 13.6. The van der Waals surface area contributed by atoms with Crippen molar-refractivity contribution < 1.29 is 9.53 Å². The molecule has 3 N–H and O–H groups in total. The second-order valence-electron chi connectivity index (χ2n) is 6.23. The van der Waals surface area contributed by atoms with Gasteiger partial charge < -0.3 is 15.8 Å². The summed E-state index contributed by atoms with van der Waals surface area (Å²) in [5.41, 5.74) is 7.12. The molecule has 1 aromatic carbocycles. The van der Waals surface area contributed by atoms with Crippen LogP contribution in [0, 0.1) is 5.92 Å². The zero-order chi connectivity index (χ0) is 14.7. The van der Waals surface area contributed by atoms with Crippen LogP contribution in [0.3, 0.4) is 0 Å². The summed E-state index contributed by atoms with van der Waals surface area (Å²) in [6, 6.07) is 10.4. The van der Waals surface area contributed by atoms with Crippen LogP contribution in [-0.4, -0.2) is 24.6 Å². The molecule has 1 saturated heterocycles. The second-order valence-corrected chi connectivity index (χ2v) is 6.23. The van der Waals surface area contributed by atoms with E-state index in [4.69, 9.17) is 10.5 Å².